The van der Waals surface area contributed by atoms with E-state index in [0.717, 1.165) is 5.56 Å². The Balaban J connectivity index is 1.88. The Morgan fingerprint density at radius 2 is 1.83 bits per heavy atom. The van der Waals surface area contributed by atoms with E-state index in [1.54, 1.807) is 18.2 Å². The minimum atomic E-state index is -0.848. The Labute approximate surface area is 105 Å². The van der Waals surface area contributed by atoms with Crippen LogP contribution in [0.15, 0.2) is 24.3 Å². The Morgan fingerprint density at radius 1 is 1.22 bits per heavy atom. The van der Waals surface area contributed by atoms with E-state index in [0.29, 0.717) is 6.42 Å². The lowest BCUT2D eigenvalue weighted by molar-refractivity contribution is -0.130. The largest absolute Gasteiger partial charge is 0.508 e. The molecule has 0 saturated carbocycles. The first-order valence-corrected chi connectivity index (χ1v) is 5.98. The van der Waals surface area contributed by atoms with Crippen LogP contribution in [0.3, 0.4) is 0 Å². The second kappa shape index (κ2) is 5.37. The predicted octanol–water partition coefficient (Wildman–Crippen LogP) is -0.111. The summed E-state index contributed by atoms with van der Waals surface area (Å²) in [5, 5.41) is 28.3. The van der Waals surface area contributed by atoms with Crippen molar-refractivity contribution in [3.63, 3.8) is 0 Å². The number of hydrogen-bond acceptors (Lipinski definition) is 4. The molecule has 5 nitrogen and oxygen atoms in total. The molecular weight excluding hydrogens is 234 g/mol. The van der Waals surface area contributed by atoms with E-state index in [4.69, 9.17) is 0 Å². The summed E-state index contributed by atoms with van der Waals surface area (Å²) in [6, 6.07) is 6.90. The van der Waals surface area contributed by atoms with Gasteiger partial charge in [0.05, 0.1) is 12.2 Å². The summed E-state index contributed by atoms with van der Waals surface area (Å²) in [7, 11) is 0. The number of carbonyl (C=O) groups excluding carboxylic acids is 1. The fraction of sp³-hybridized carbons (Fsp3) is 0.462. The first kappa shape index (κ1) is 12.9. The Hall–Kier alpha value is -1.59. The fourth-order valence-electron chi connectivity index (χ4n) is 2.10. The van der Waals surface area contributed by atoms with Crippen molar-refractivity contribution < 1.29 is 20.1 Å². The number of aryl methyl sites for hydroxylation is 1. The van der Waals surface area contributed by atoms with Gasteiger partial charge in [-0.25, -0.2) is 0 Å². The number of hydrogen-bond donors (Lipinski definition) is 3. The van der Waals surface area contributed by atoms with Crippen molar-refractivity contribution in [2.24, 2.45) is 0 Å². The summed E-state index contributed by atoms with van der Waals surface area (Å²) in [5.74, 6) is 0.0700. The standard InChI is InChI=1S/C13H17NO4/c15-10-4-2-1-3-9(10)5-6-13(18)14-7-11(16)12(17)8-14/h1-4,11-12,15-17H,5-8H2. The Morgan fingerprint density at radius 3 is 2.44 bits per heavy atom. The van der Waals surface area contributed by atoms with Crippen LogP contribution in [0.5, 0.6) is 5.75 Å². The first-order valence-electron chi connectivity index (χ1n) is 5.98. The van der Waals surface area contributed by atoms with Crippen molar-refractivity contribution in [1.82, 2.24) is 4.90 Å². The highest BCUT2D eigenvalue weighted by Crippen LogP contribution is 2.18. The molecule has 3 N–H and O–H groups in total. The van der Waals surface area contributed by atoms with Crippen LogP contribution in [-0.4, -0.2) is 51.4 Å². The number of phenolic OH excluding ortho intramolecular Hbond substituents is 1. The van der Waals surface area contributed by atoms with Gasteiger partial charge in [-0.15, -0.1) is 0 Å². The maximum atomic E-state index is 11.8. The van der Waals surface area contributed by atoms with E-state index in [2.05, 4.69) is 0 Å². The predicted molar refractivity (Wildman–Crippen MR) is 65.0 cm³/mol. The molecule has 1 aliphatic heterocycles. The van der Waals surface area contributed by atoms with E-state index < -0.39 is 12.2 Å². The number of carbonyl (C=O) groups is 1. The quantitative estimate of drug-likeness (QED) is 0.700. The van der Waals surface area contributed by atoms with Gasteiger partial charge < -0.3 is 20.2 Å². The van der Waals surface area contributed by atoms with Gasteiger partial charge in [-0.2, -0.15) is 0 Å². The second-order valence-corrected chi connectivity index (χ2v) is 4.56. The molecule has 0 radical (unpaired) electrons. The van der Waals surface area contributed by atoms with Crippen molar-refractivity contribution in [3.8, 4) is 5.75 Å². The molecule has 0 aromatic heterocycles. The van der Waals surface area contributed by atoms with Crippen molar-refractivity contribution >= 4 is 5.91 Å². The van der Waals surface area contributed by atoms with E-state index >= 15 is 0 Å². The summed E-state index contributed by atoms with van der Waals surface area (Å²) in [6.07, 6.45) is -0.983. The second-order valence-electron chi connectivity index (χ2n) is 4.56. The number of phenols is 1. The van der Waals surface area contributed by atoms with Crippen LogP contribution in [0.1, 0.15) is 12.0 Å². The molecule has 2 rings (SSSR count). The summed E-state index contributed by atoms with van der Waals surface area (Å²) >= 11 is 0. The highest BCUT2D eigenvalue weighted by Gasteiger charge is 2.32. The average Bonchev–Trinajstić information content (AvgIpc) is 2.68. The third-order valence-corrected chi connectivity index (χ3v) is 3.21. The van der Waals surface area contributed by atoms with Crippen molar-refractivity contribution in [1.29, 1.82) is 0 Å². The van der Waals surface area contributed by atoms with Gasteiger partial charge in [0.25, 0.3) is 0 Å². The minimum Gasteiger partial charge on any atom is -0.508 e. The molecule has 1 heterocycles. The molecule has 1 aliphatic rings. The molecule has 0 bridgehead atoms. The van der Waals surface area contributed by atoms with Crippen LogP contribution in [-0.2, 0) is 11.2 Å². The van der Waals surface area contributed by atoms with Crippen LogP contribution in [0.4, 0.5) is 0 Å². The van der Waals surface area contributed by atoms with Gasteiger partial charge in [0.1, 0.15) is 5.75 Å². The van der Waals surface area contributed by atoms with Gasteiger partial charge in [0.2, 0.25) is 5.91 Å². The van der Waals surface area contributed by atoms with Crippen molar-refractivity contribution in [3.05, 3.63) is 29.8 Å². The van der Waals surface area contributed by atoms with Crippen molar-refractivity contribution in [2.45, 2.75) is 25.0 Å². The van der Waals surface area contributed by atoms with E-state index in [-0.39, 0.29) is 31.2 Å². The van der Waals surface area contributed by atoms with Gasteiger partial charge >= 0.3 is 0 Å². The number of aliphatic hydroxyl groups is 2. The molecule has 2 atom stereocenters. The lowest BCUT2D eigenvalue weighted by atomic mass is 10.1. The molecule has 1 amide bonds. The summed E-state index contributed by atoms with van der Waals surface area (Å²) in [4.78, 5) is 13.3. The zero-order valence-corrected chi connectivity index (χ0v) is 9.99. The number of para-hydroxylation sites is 1. The topological polar surface area (TPSA) is 81.0 Å². The van der Waals surface area contributed by atoms with Gasteiger partial charge in [0, 0.05) is 19.5 Å². The van der Waals surface area contributed by atoms with Crippen LogP contribution in [0.2, 0.25) is 0 Å². The van der Waals surface area contributed by atoms with Crippen molar-refractivity contribution in [2.75, 3.05) is 13.1 Å². The highest BCUT2D eigenvalue weighted by atomic mass is 16.3. The Kier molecular flexibility index (Phi) is 3.84. The number of likely N-dealkylation sites (tertiary alicyclic amines) is 1. The lowest BCUT2D eigenvalue weighted by Gasteiger charge is -2.15. The number of aliphatic hydroxyl groups excluding tert-OH is 2. The summed E-state index contributed by atoms with van der Waals surface area (Å²) < 4.78 is 0. The van der Waals surface area contributed by atoms with E-state index in [1.165, 1.54) is 4.90 Å². The third-order valence-electron chi connectivity index (χ3n) is 3.21. The summed E-state index contributed by atoms with van der Waals surface area (Å²) in [6.45, 7) is 0.363. The zero-order chi connectivity index (χ0) is 13.1. The number of nitrogens with zero attached hydrogens (tertiary/aromatic N) is 1. The third kappa shape index (κ3) is 2.80. The average molecular weight is 251 g/mol. The van der Waals surface area contributed by atoms with Crippen LogP contribution in [0.25, 0.3) is 0 Å². The highest BCUT2D eigenvalue weighted by molar-refractivity contribution is 5.77. The molecule has 0 aliphatic carbocycles. The molecule has 2 unspecified atom stereocenters. The molecule has 98 valence electrons. The smallest absolute Gasteiger partial charge is 0.223 e. The molecule has 5 heteroatoms. The molecule has 18 heavy (non-hydrogen) atoms. The number of aromatic hydroxyl groups is 1. The van der Waals surface area contributed by atoms with Gasteiger partial charge in [-0.1, -0.05) is 18.2 Å². The zero-order valence-electron chi connectivity index (χ0n) is 9.99. The maximum Gasteiger partial charge on any atom is 0.223 e. The Bertz CT molecular complexity index is 425. The van der Waals surface area contributed by atoms with Gasteiger partial charge in [0.15, 0.2) is 0 Å². The van der Waals surface area contributed by atoms with E-state index in [1.807, 2.05) is 6.07 Å². The first-order chi connectivity index (χ1) is 8.58. The van der Waals surface area contributed by atoms with Crippen LogP contribution in [0, 0.1) is 0 Å². The molecule has 1 saturated heterocycles. The molecule has 0 spiro atoms. The molecule has 1 aromatic carbocycles. The van der Waals surface area contributed by atoms with Crippen LogP contribution >= 0.6 is 0 Å². The lowest BCUT2D eigenvalue weighted by Crippen LogP contribution is -2.29. The fourth-order valence-corrected chi connectivity index (χ4v) is 2.10. The van der Waals surface area contributed by atoms with E-state index in [9.17, 15) is 20.1 Å². The van der Waals surface area contributed by atoms with Gasteiger partial charge in [-0.05, 0) is 18.1 Å². The minimum absolute atomic E-state index is 0.117. The molecular formula is C13H17NO4. The molecule has 1 fully saturated rings. The number of amides is 1. The normalized spacial score (nSPS) is 23.3. The number of rotatable bonds is 3. The SMILES string of the molecule is O=C(CCc1ccccc1O)N1CC(O)C(O)C1. The van der Waals surface area contributed by atoms with Crippen LogP contribution < -0.4 is 0 Å². The number of benzene rings is 1. The maximum absolute atomic E-state index is 11.8. The monoisotopic (exact) mass is 251 g/mol. The number of β-amino-alcohol motifs (C(OH)–C–C–N with tert-alkyl or cyclic N) is 2. The summed E-state index contributed by atoms with van der Waals surface area (Å²) in [5.41, 5.74) is 0.728. The van der Waals surface area contributed by atoms with Gasteiger partial charge in [-0.3, -0.25) is 4.79 Å². The molecule has 1 aromatic rings.